The van der Waals surface area contributed by atoms with Crippen LogP contribution in [0.4, 0.5) is 10.8 Å². The van der Waals surface area contributed by atoms with Gasteiger partial charge in [0.05, 0.1) is 28.9 Å². The van der Waals surface area contributed by atoms with Gasteiger partial charge in [-0.15, -0.1) is 10.2 Å². The van der Waals surface area contributed by atoms with Crippen molar-refractivity contribution in [1.29, 1.82) is 5.26 Å². The van der Waals surface area contributed by atoms with Crippen LogP contribution in [0.2, 0.25) is 0 Å². The van der Waals surface area contributed by atoms with Gasteiger partial charge >= 0.3 is 5.97 Å². The number of anilines is 2. The van der Waals surface area contributed by atoms with Crippen LogP contribution in [-0.4, -0.2) is 38.7 Å². The molecule has 0 fully saturated rings. The highest BCUT2D eigenvalue weighted by Crippen LogP contribution is 2.47. The van der Waals surface area contributed by atoms with Gasteiger partial charge in [0.15, 0.2) is 10.1 Å². The average molecular weight is 638 g/mol. The number of benzene rings is 2. The van der Waals surface area contributed by atoms with Crippen molar-refractivity contribution in [3.05, 3.63) is 86.8 Å². The molecule has 3 aromatic rings. The molecule has 0 bridgehead atoms. The molecule has 1 aromatic heterocycles. The summed E-state index contributed by atoms with van der Waals surface area (Å²) in [5.74, 6) is -1.80. The summed E-state index contributed by atoms with van der Waals surface area (Å²) in [6.07, 6.45) is 1.63. The van der Waals surface area contributed by atoms with Crippen molar-refractivity contribution in [2.24, 2.45) is 5.73 Å². The molecule has 0 saturated heterocycles. The number of carboxylic acids is 1. The van der Waals surface area contributed by atoms with Gasteiger partial charge in [-0.05, 0) is 48.7 Å². The van der Waals surface area contributed by atoms with Crippen LogP contribution in [0, 0.1) is 11.3 Å². The SMILES string of the molecule is N#CC1=C(N)N(c2nnc(SCC(=O)Nc3cccc(C(=O)O)c3)s2)C2=C(C(=O)CCC2)C1c1ccc(Br)cc1. The summed E-state index contributed by atoms with van der Waals surface area (Å²) in [7, 11) is 0. The fourth-order valence-electron chi connectivity index (χ4n) is 4.70. The van der Waals surface area contributed by atoms with E-state index in [0.29, 0.717) is 45.7 Å². The normalized spacial score (nSPS) is 16.9. The molecule has 2 heterocycles. The third kappa shape index (κ3) is 5.51. The number of thioether (sulfide) groups is 1. The largest absolute Gasteiger partial charge is 0.478 e. The lowest BCUT2D eigenvalue weighted by Crippen LogP contribution is -2.38. The van der Waals surface area contributed by atoms with Crippen LogP contribution in [0.1, 0.15) is 41.1 Å². The molecular formula is C27H21BrN6O4S2. The van der Waals surface area contributed by atoms with Gasteiger partial charge in [-0.25, -0.2) is 4.79 Å². The Bertz CT molecular complexity index is 1630. The highest BCUT2D eigenvalue weighted by Gasteiger charge is 2.41. The van der Waals surface area contributed by atoms with Crippen molar-refractivity contribution in [3.8, 4) is 6.07 Å². The first kappa shape index (κ1) is 27.6. The molecule has 1 aliphatic carbocycles. The molecule has 0 radical (unpaired) electrons. The van der Waals surface area contributed by atoms with Crippen molar-refractivity contribution in [3.63, 3.8) is 0 Å². The molecule has 40 heavy (non-hydrogen) atoms. The Morgan fingerprint density at radius 1 is 1.23 bits per heavy atom. The minimum absolute atomic E-state index is 0.0127. The Balaban J connectivity index is 1.39. The number of allylic oxidation sites excluding steroid dienone is 3. The van der Waals surface area contributed by atoms with E-state index in [4.69, 9.17) is 10.8 Å². The number of Topliss-reactive ketones (excluding diaryl/α,β-unsaturated/α-hetero) is 1. The lowest BCUT2D eigenvalue weighted by atomic mass is 9.76. The molecule has 1 unspecified atom stereocenters. The monoisotopic (exact) mass is 636 g/mol. The summed E-state index contributed by atoms with van der Waals surface area (Å²) >= 11 is 5.79. The zero-order valence-corrected chi connectivity index (χ0v) is 24.0. The van der Waals surface area contributed by atoms with Crippen molar-refractivity contribution >= 4 is 67.5 Å². The molecule has 1 atom stereocenters. The summed E-state index contributed by atoms with van der Waals surface area (Å²) in [6.45, 7) is 0. The van der Waals surface area contributed by atoms with Gasteiger partial charge in [-0.2, -0.15) is 5.26 Å². The van der Waals surface area contributed by atoms with Crippen molar-refractivity contribution in [2.45, 2.75) is 29.5 Å². The molecule has 2 aromatic carbocycles. The van der Waals surface area contributed by atoms with E-state index in [9.17, 15) is 19.6 Å². The summed E-state index contributed by atoms with van der Waals surface area (Å²) in [5, 5.41) is 30.8. The van der Waals surface area contributed by atoms with Gasteiger partial charge in [-0.3, -0.25) is 14.5 Å². The molecule has 4 N–H and O–H groups in total. The molecular weight excluding hydrogens is 616 g/mol. The number of hydrogen-bond donors (Lipinski definition) is 3. The Labute approximate surface area is 245 Å². The van der Waals surface area contributed by atoms with E-state index in [2.05, 4.69) is 37.5 Å². The van der Waals surface area contributed by atoms with Crippen LogP contribution < -0.4 is 16.0 Å². The van der Waals surface area contributed by atoms with Crippen molar-refractivity contribution in [2.75, 3.05) is 16.0 Å². The highest BCUT2D eigenvalue weighted by molar-refractivity contribution is 9.10. The summed E-state index contributed by atoms with van der Waals surface area (Å²) in [6, 6.07) is 15.7. The number of hydrogen-bond acceptors (Lipinski definition) is 10. The number of aromatic nitrogens is 2. The maximum absolute atomic E-state index is 13.2. The molecule has 1 aliphatic heterocycles. The number of halogens is 1. The van der Waals surface area contributed by atoms with Gasteiger partial charge < -0.3 is 16.2 Å². The Morgan fingerprint density at radius 3 is 2.73 bits per heavy atom. The molecule has 0 spiro atoms. The zero-order valence-electron chi connectivity index (χ0n) is 20.8. The van der Waals surface area contributed by atoms with Gasteiger partial charge in [0.1, 0.15) is 5.82 Å². The van der Waals surface area contributed by atoms with E-state index >= 15 is 0 Å². The highest BCUT2D eigenvalue weighted by atomic mass is 79.9. The molecule has 1 amide bonds. The zero-order chi connectivity index (χ0) is 28.4. The number of carbonyl (C=O) groups is 3. The van der Waals surface area contributed by atoms with Crippen molar-refractivity contribution < 1.29 is 19.5 Å². The maximum atomic E-state index is 13.2. The number of nitrogens with one attached hydrogen (secondary N) is 1. The van der Waals surface area contributed by atoms with E-state index in [-0.39, 0.29) is 34.4 Å². The number of amides is 1. The quantitative estimate of drug-likeness (QED) is 0.300. The number of rotatable bonds is 7. The second kappa shape index (κ2) is 11.6. The lowest BCUT2D eigenvalue weighted by Gasteiger charge is -2.38. The van der Waals surface area contributed by atoms with Gasteiger partial charge in [0.2, 0.25) is 11.0 Å². The Hall–Kier alpha value is -3.99. The van der Waals surface area contributed by atoms with E-state index in [1.165, 1.54) is 23.5 Å². The van der Waals surface area contributed by atoms with Gasteiger partial charge in [-0.1, -0.05) is 57.2 Å². The summed E-state index contributed by atoms with van der Waals surface area (Å²) in [4.78, 5) is 38.5. The lowest BCUT2D eigenvalue weighted by molar-refractivity contribution is -0.116. The van der Waals surface area contributed by atoms with E-state index in [1.807, 2.05) is 24.3 Å². The Kier molecular flexibility index (Phi) is 8.02. The first-order chi connectivity index (χ1) is 19.3. The molecule has 5 rings (SSSR count). The average Bonchev–Trinajstić information content (AvgIpc) is 3.40. The smallest absolute Gasteiger partial charge is 0.335 e. The molecule has 0 saturated carbocycles. The number of carbonyl (C=O) groups excluding carboxylic acids is 2. The fourth-order valence-corrected chi connectivity index (χ4v) is 6.64. The molecule has 202 valence electrons. The van der Waals surface area contributed by atoms with E-state index in [0.717, 1.165) is 21.8 Å². The van der Waals surface area contributed by atoms with Gasteiger partial charge in [0, 0.05) is 27.9 Å². The second-order valence-corrected chi connectivity index (χ2v) is 12.0. The summed E-state index contributed by atoms with van der Waals surface area (Å²) in [5.41, 5.74) is 9.36. The first-order valence-corrected chi connectivity index (χ1v) is 14.7. The van der Waals surface area contributed by atoms with Crippen molar-refractivity contribution in [1.82, 2.24) is 10.2 Å². The minimum Gasteiger partial charge on any atom is -0.478 e. The Morgan fingerprint density at radius 2 is 2.00 bits per heavy atom. The standard InChI is InChI=1S/C27H21BrN6O4S2/c28-16-9-7-14(8-10-16)22-18(12-29)24(30)34(19-5-2-6-20(35)23(19)22)26-32-33-27(40-26)39-13-21(36)31-17-4-1-3-15(11-17)25(37)38/h1,3-4,7-11,22H,2,5-6,13,30H2,(H,31,36)(H,37,38). The maximum Gasteiger partial charge on any atom is 0.335 e. The first-order valence-electron chi connectivity index (χ1n) is 12.1. The van der Waals surface area contributed by atoms with Crippen LogP contribution >= 0.6 is 39.0 Å². The van der Waals surface area contributed by atoms with Crippen LogP contribution in [0.15, 0.2) is 80.0 Å². The van der Waals surface area contributed by atoms with Crippen LogP contribution in [-0.2, 0) is 9.59 Å². The molecule has 13 heteroatoms. The number of carboxylic acid groups (broad SMARTS) is 1. The topological polar surface area (TPSA) is 162 Å². The number of nitrogens with two attached hydrogens (primary N) is 1. The predicted octanol–water partition coefficient (Wildman–Crippen LogP) is 5.03. The van der Waals surface area contributed by atoms with Crippen LogP contribution in [0.3, 0.4) is 0 Å². The van der Waals surface area contributed by atoms with Gasteiger partial charge in [0.25, 0.3) is 0 Å². The molecule has 10 nitrogen and oxygen atoms in total. The van der Waals surface area contributed by atoms with E-state index in [1.54, 1.807) is 17.0 Å². The second-order valence-electron chi connectivity index (χ2n) is 8.94. The number of nitriles is 1. The third-order valence-corrected chi connectivity index (χ3v) is 8.99. The summed E-state index contributed by atoms with van der Waals surface area (Å²) < 4.78 is 1.38. The minimum atomic E-state index is -1.08. The van der Waals surface area contributed by atoms with Crippen LogP contribution in [0.25, 0.3) is 0 Å². The van der Waals surface area contributed by atoms with Crippen LogP contribution in [0.5, 0.6) is 0 Å². The molecule has 2 aliphatic rings. The number of aromatic carboxylic acids is 1. The number of nitrogens with zero attached hydrogens (tertiary/aromatic N) is 4. The third-order valence-electron chi connectivity index (χ3n) is 6.42. The predicted molar refractivity (Wildman–Crippen MR) is 155 cm³/mol. The fraction of sp³-hybridized carbons (Fsp3) is 0.185. The number of ketones is 1. The van der Waals surface area contributed by atoms with E-state index < -0.39 is 11.9 Å².